The number of benzene rings is 9. The molecule has 2 heteroatoms. The van der Waals surface area contributed by atoms with Crippen LogP contribution in [0.2, 0.25) is 0 Å². The fraction of sp³-hybridized carbons (Fsp3) is 0. The van der Waals surface area contributed by atoms with Crippen molar-refractivity contribution in [3.05, 3.63) is 224 Å². The van der Waals surface area contributed by atoms with Crippen LogP contribution in [0.25, 0.3) is 77.6 Å². The molecular formula is C54H37NO. The molecule has 2 nitrogen and oxygen atoms in total. The Morgan fingerprint density at radius 3 is 1.39 bits per heavy atom. The number of fused-ring (bicyclic) bond motifs is 3. The number of para-hydroxylation sites is 3. The molecule has 0 aliphatic carbocycles. The van der Waals surface area contributed by atoms with Crippen molar-refractivity contribution in [2.75, 3.05) is 4.90 Å². The first-order valence-electron chi connectivity index (χ1n) is 19.1. The number of hydrogen-bond acceptors (Lipinski definition) is 2. The Hall–Kier alpha value is -7.42. The van der Waals surface area contributed by atoms with E-state index in [1.54, 1.807) is 0 Å². The van der Waals surface area contributed by atoms with E-state index in [1.165, 1.54) is 33.4 Å². The van der Waals surface area contributed by atoms with E-state index in [0.29, 0.717) is 0 Å². The molecular weight excluding hydrogens is 679 g/mol. The minimum absolute atomic E-state index is 0.901. The fourth-order valence-corrected chi connectivity index (χ4v) is 8.08. The molecule has 0 unspecified atom stereocenters. The summed E-state index contributed by atoms with van der Waals surface area (Å²) in [5.74, 6) is 0. The Labute approximate surface area is 327 Å². The van der Waals surface area contributed by atoms with E-state index < -0.39 is 0 Å². The van der Waals surface area contributed by atoms with E-state index in [0.717, 1.165) is 61.3 Å². The zero-order chi connectivity index (χ0) is 37.3. The molecule has 0 aliphatic heterocycles. The number of furan rings is 1. The van der Waals surface area contributed by atoms with Crippen molar-refractivity contribution in [1.82, 2.24) is 0 Å². The highest BCUT2D eigenvalue weighted by Crippen LogP contribution is 2.47. The van der Waals surface area contributed by atoms with Gasteiger partial charge in [0.05, 0.1) is 11.4 Å². The Kier molecular flexibility index (Phi) is 8.55. The second-order valence-electron chi connectivity index (χ2n) is 14.0. The predicted octanol–water partition coefficient (Wildman–Crippen LogP) is 15.4. The number of rotatable bonds is 8. The van der Waals surface area contributed by atoms with Crippen molar-refractivity contribution in [1.29, 1.82) is 0 Å². The molecule has 0 radical (unpaired) electrons. The van der Waals surface area contributed by atoms with Crippen molar-refractivity contribution in [3.8, 4) is 55.6 Å². The molecule has 0 saturated heterocycles. The molecule has 0 fully saturated rings. The van der Waals surface area contributed by atoms with Crippen LogP contribution in [0.4, 0.5) is 17.1 Å². The van der Waals surface area contributed by atoms with E-state index >= 15 is 0 Å². The molecule has 0 atom stereocenters. The quantitative estimate of drug-likeness (QED) is 0.156. The van der Waals surface area contributed by atoms with Crippen LogP contribution in [0.5, 0.6) is 0 Å². The van der Waals surface area contributed by atoms with Crippen molar-refractivity contribution in [2.45, 2.75) is 0 Å². The lowest BCUT2D eigenvalue weighted by Gasteiger charge is -2.30. The van der Waals surface area contributed by atoms with Crippen LogP contribution >= 0.6 is 0 Å². The van der Waals surface area contributed by atoms with Crippen LogP contribution in [0, 0.1) is 0 Å². The third kappa shape index (κ3) is 6.04. The van der Waals surface area contributed by atoms with Gasteiger partial charge >= 0.3 is 0 Å². The highest BCUT2D eigenvalue weighted by molar-refractivity contribution is 6.06. The van der Waals surface area contributed by atoms with Gasteiger partial charge in [0, 0.05) is 27.6 Å². The summed E-state index contributed by atoms with van der Waals surface area (Å²) < 4.78 is 6.15. The Morgan fingerprint density at radius 2 is 0.714 bits per heavy atom. The maximum Gasteiger partial charge on any atom is 0.135 e. The summed E-state index contributed by atoms with van der Waals surface area (Å²) in [4.78, 5) is 2.42. The first kappa shape index (κ1) is 33.2. The molecule has 1 aromatic heterocycles. The summed E-state index contributed by atoms with van der Waals surface area (Å²) in [5, 5.41) is 2.26. The monoisotopic (exact) mass is 715 g/mol. The van der Waals surface area contributed by atoms with E-state index in [-0.39, 0.29) is 0 Å². The van der Waals surface area contributed by atoms with E-state index in [9.17, 15) is 0 Å². The van der Waals surface area contributed by atoms with Gasteiger partial charge in [-0.05, 0) is 87.0 Å². The average molecular weight is 716 g/mol. The third-order valence-electron chi connectivity index (χ3n) is 10.7. The first-order chi connectivity index (χ1) is 27.8. The second kappa shape index (κ2) is 14.4. The van der Waals surface area contributed by atoms with Crippen molar-refractivity contribution in [3.63, 3.8) is 0 Å². The van der Waals surface area contributed by atoms with Gasteiger partial charge in [0.1, 0.15) is 11.2 Å². The summed E-state index contributed by atoms with van der Waals surface area (Å²) in [6.07, 6.45) is 0. The SMILES string of the molecule is c1ccc(-c2ccccc2-c2ccccc2-c2ccccc2N(c2ccc(-c3ccc4oc5ccccc5c4c3)cc2)c2ccccc2-c2ccccc2)cc1. The molecule has 0 saturated carbocycles. The molecule has 0 bridgehead atoms. The maximum atomic E-state index is 6.15. The van der Waals surface area contributed by atoms with E-state index in [2.05, 4.69) is 217 Å². The first-order valence-corrected chi connectivity index (χ1v) is 19.1. The number of nitrogens with zero attached hydrogens (tertiary/aromatic N) is 1. The molecule has 10 rings (SSSR count). The molecule has 0 aliphatic rings. The molecule has 0 amide bonds. The molecule has 10 aromatic rings. The van der Waals surface area contributed by atoms with Gasteiger partial charge in [-0.3, -0.25) is 0 Å². The largest absolute Gasteiger partial charge is 0.456 e. The van der Waals surface area contributed by atoms with Crippen molar-refractivity contribution in [2.24, 2.45) is 0 Å². The van der Waals surface area contributed by atoms with Crippen LogP contribution in [0.3, 0.4) is 0 Å². The molecule has 0 N–H and O–H groups in total. The summed E-state index contributed by atoms with van der Waals surface area (Å²) >= 11 is 0. The van der Waals surface area contributed by atoms with Crippen LogP contribution in [0.15, 0.2) is 229 Å². The topological polar surface area (TPSA) is 16.4 Å². The molecule has 0 spiro atoms. The molecule has 1 heterocycles. The van der Waals surface area contributed by atoms with Gasteiger partial charge in [-0.15, -0.1) is 0 Å². The van der Waals surface area contributed by atoms with Gasteiger partial charge in [-0.1, -0.05) is 182 Å². The van der Waals surface area contributed by atoms with Gasteiger partial charge in [0.15, 0.2) is 0 Å². The Morgan fingerprint density at radius 1 is 0.268 bits per heavy atom. The van der Waals surface area contributed by atoms with Gasteiger partial charge in [0.2, 0.25) is 0 Å². The smallest absolute Gasteiger partial charge is 0.135 e. The minimum Gasteiger partial charge on any atom is -0.456 e. The normalized spacial score (nSPS) is 11.2. The molecule has 56 heavy (non-hydrogen) atoms. The average Bonchev–Trinajstić information content (AvgIpc) is 3.66. The summed E-state index contributed by atoms with van der Waals surface area (Å²) in [5.41, 5.74) is 16.8. The van der Waals surface area contributed by atoms with Gasteiger partial charge < -0.3 is 9.32 Å². The van der Waals surface area contributed by atoms with Crippen molar-refractivity contribution >= 4 is 39.0 Å². The number of hydrogen-bond donors (Lipinski definition) is 0. The Balaban J connectivity index is 1.15. The third-order valence-corrected chi connectivity index (χ3v) is 10.7. The standard InChI is InChI=1S/C54H37NO/c1-3-17-39(18-4-1)43-21-7-8-23-45(43)46-24-9-10-25-47(46)48-26-12-15-29-52(48)55(51-28-14-11-22-44(51)40-19-5-2-6-20-40)42-34-31-38(32-35-42)41-33-36-54-50(37-41)49-27-13-16-30-53(49)56-54/h1-37H. The second-order valence-corrected chi connectivity index (χ2v) is 14.0. The highest BCUT2D eigenvalue weighted by atomic mass is 16.3. The van der Waals surface area contributed by atoms with Crippen LogP contribution in [0.1, 0.15) is 0 Å². The summed E-state index contributed by atoms with van der Waals surface area (Å²) in [6.45, 7) is 0. The number of anilines is 3. The lowest BCUT2D eigenvalue weighted by molar-refractivity contribution is 0.669. The van der Waals surface area contributed by atoms with Crippen LogP contribution in [-0.4, -0.2) is 0 Å². The zero-order valence-corrected chi connectivity index (χ0v) is 30.7. The minimum atomic E-state index is 0.901. The van der Waals surface area contributed by atoms with Crippen LogP contribution in [-0.2, 0) is 0 Å². The van der Waals surface area contributed by atoms with Gasteiger partial charge in [0.25, 0.3) is 0 Å². The van der Waals surface area contributed by atoms with E-state index in [1.807, 2.05) is 12.1 Å². The molecule has 9 aromatic carbocycles. The maximum absolute atomic E-state index is 6.15. The van der Waals surface area contributed by atoms with Crippen LogP contribution < -0.4 is 4.90 Å². The van der Waals surface area contributed by atoms with Gasteiger partial charge in [-0.2, -0.15) is 0 Å². The predicted molar refractivity (Wildman–Crippen MR) is 236 cm³/mol. The van der Waals surface area contributed by atoms with Gasteiger partial charge in [-0.25, -0.2) is 0 Å². The lowest BCUT2D eigenvalue weighted by atomic mass is 9.88. The molecule has 264 valence electrons. The van der Waals surface area contributed by atoms with Crippen molar-refractivity contribution < 1.29 is 4.42 Å². The zero-order valence-electron chi connectivity index (χ0n) is 30.7. The highest BCUT2D eigenvalue weighted by Gasteiger charge is 2.22. The fourth-order valence-electron chi connectivity index (χ4n) is 8.08. The Bertz CT molecular complexity index is 2960. The van der Waals surface area contributed by atoms with E-state index in [4.69, 9.17) is 4.42 Å². The lowest BCUT2D eigenvalue weighted by Crippen LogP contribution is -2.12. The summed E-state index contributed by atoms with van der Waals surface area (Å²) in [6, 6.07) is 80.2. The summed E-state index contributed by atoms with van der Waals surface area (Å²) in [7, 11) is 0.